The summed E-state index contributed by atoms with van der Waals surface area (Å²) in [5.74, 6) is -0.803. The van der Waals surface area contributed by atoms with Crippen molar-refractivity contribution in [1.29, 1.82) is 0 Å². The second-order valence-electron chi connectivity index (χ2n) is 4.83. The van der Waals surface area contributed by atoms with E-state index >= 15 is 0 Å². The van der Waals surface area contributed by atoms with Gasteiger partial charge in [0.2, 0.25) is 0 Å². The summed E-state index contributed by atoms with van der Waals surface area (Å²) >= 11 is 0. The third-order valence-electron chi connectivity index (χ3n) is 3.25. The molecule has 4 heteroatoms. The Hall–Kier alpha value is -1.55. The number of carboxylic acid groups (broad SMARTS) is 1. The van der Waals surface area contributed by atoms with E-state index in [1.54, 1.807) is 0 Å². The third kappa shape index (κ3) is 3.01. The first kappa shape index (κ1) is 12.9. The Morgan fingerprint density at radius 3 is 3.00 bits per heavy atom. The molecular formula is C14H19NO3. The molecule has 1 aliphatic rings. The van der Waals surface area contributed by atoms with Crippen LogP contribution in [0.2, 0.25) is 0 Å². The Kier molecular flexibility index (Phi) is 3.87. The largest absolute Gasteiger partial charge is 0.481 e. The van der Waals surface area contributed by atoms with E-state index in [-0.39, 0.29) is 12.5 Å². The quantitative estimate of drug-likeness (QED) is 0.890. The van der Waals surface area contributed by atoms with Crippen molar-refractivity contribution >= 4 is 11.7 Å². The molecule has 0 aromatic heterocycles. The Morgan fingerprint density at radius 1 is 1.50 bits per heavy atom. The molecule has 0 spiro atoms. The zero-order chi connectivity index (χ0) is 13.1. The number of carboxylic acids is 1. The molecule has 1 unspecified atom stereocenters. The van der Waals surface area contributed by atoms with Crippen molar-refractivity contribution in [3.8, 4) is 0 Å². The van der Waals surface area contributed by atoms with Crippen LogP contribution in [0.1, 0.15) is 17.5 Å². The van der Waals surface area contributed by atoms with E-state index < -0.39 is 5.97 Å². The molecule has 0 radical (unpaired) electrons. The van der Waals surface area contributed by atoms with Gasteiger partial charge in [-0.25, -0.2) is 0 Å². The normalized spacial score (nSPS) is 19.9. The molecular weight excluding hydrogens is 230 g/mol. The number of nitrogens with zero attached hydrogens (tertiary/aromatic N) is 1. The Labute approximate surface area is 107 Å². The molecule has 1 fully saturated rings. The lowest BCUT2D eigenvalue weighted by Crippen LogP contribution is -2.43. The van der Waals surface area contributed by atoms with Gasteiger partial charge in [0, 0.05) is 18.8 Å². The van der Waals surface area contributed by atoms with Crippen molar-refractivity contribution < 1.29 is 14.6 Å². The van der Waals surface area contributed by atoms with Crippen LogP contribution in [-0.4, -0.2) is 36.9 Å². The molecule has 1 aromatic rings. The number of aliphatic carboxylic acids is 1. The van der Waals surface area contributed by atoms with Crippen molar-refractivity contribution in [2.24, 2.45) is 0 Å². The maximum absolute atomic E-state index is 10.7. The maximum Gasteiger partial charge on any atom is 0.306 e. The number of hydrogen-bond donors (Lipinski definition) is 1. The molecule has 0 amide bonds. The summed E-state index contributed by atoms with van der Waals surface area (Å²) in [6.07, 6.45) is -0.141. The molecule has 1 atom stereocenters. The highest BCUT2D eigenvalue weighted by molar-refractivity contribution is 5.67. The van der Waals surface area contributed by atoms with Gasteiger partial charge in [0.1, 0.15) is 0 Å². The van der Waals surface area contributed by atoms with E-state index in [1.165, 1.54) is 16.8 Å². The lowest BCUT2D eigenvalue weighted by Gasteiger charge is -2.35. The van der Waals surface area contributed by atoms with Gasteiger partial charge in [-0.3, -0.25) is 4.79 Å². The first-order chi connectivity index (χ1) is 8.56. The Bertz CT molecular complexity index is 445. The summed E-state index contributed by atoms with van der Waals surface area (Å²) in [5.41, 5.74) is 3.63. The van der Waals surface area contributed by atoms with Gasteiger partial charge in [0.05, 0.1) is 19.1 Å². The molecule has 1 heterocycles. The average molecular weight is 249 g/mol. The fourth-order valence-corrected chi connectivity index (χ4v) is 2.32. The molecule has 98 valence electrons. The number of benzene rings is 1. The SMILES string of the molecule is Cc1ccc(C)c(N2CCOC(CC(=O)O)C2)c1. The highest BCUT2D eigenvalue weighted by Crippen LogP contribution is 2.24. The summed E-state index contributed by atoms with van der Waals surface area (Å²) in [7, 11) is 0. The van der Waals surface area contributed by atoms with Crippen LogP contribution in [0.5, 0.6) is 0 Å². The fourth-order valence-electron chi connectivity index (χ4n) is 2.32. The van der Waals surface area contributed by atoms with Crippen LogP contribution in [0.25, 0.3) is 0 Å². The fraction of sp³-hybridized carbons (Fsp3) is 0.500. The minimum absolute atomic E-state index is 0.0708. The maximum atomic E-state index is 10.7. The van der Waals surface area contributed by atoms with E-state index in [2.05, 4.69) is 36.9 Å². The van der Waals surface area contributed by atoms with E-state index in [1.807, 2.05) is 0 Å². The average Bonchev–Trinajstić information content (AvgIpc) is 2.32. The summed E-state index contributed by atoms with van der Waals surface area (Å²) < 4.78 is 5.49. The highest BCUT2D eigenvalue weighted by Gasteiger charge is 2.23. The van der Waals surface area contributed by atoms with Crippen LogP contribution in [0.15, 0.2) is 18.2 Å². The van der Waals surface area contributed by atoms with Crippen molar-refractivity contribution in [3.63, 3.8) is 0 Å². The van der Waals surface area contributed by atoms with Crippen molar-refractivity contribution in [2.75, 3.05) is 24.6 Å². The predicted molar refractivity (Wildman–Crippen MR) is 70.1 cm³/mol. The number of carbonyl (C=O) groups is 1. The second kappa shape index (κ2) is 5.40. The van der Waals surface area contributed by atoms with Crippen LogP contribution in [0.4, 0.5) is 5.69 Å². The summed E-state index contributed by atoms with van der Waals surface area (Å²) in [4.78, 5) is 13.0. The summed E-state index contributed by atoms with van der Waals surface area (Å²) in [5, 5.41) is 8.82. The van der Waals surface area contributed by atoms with E-state index in [4.69, 9.17) is 9.84 Å². The van der Waals surface area contributed by atoms with Crippen LogP contribution in [-0.2, 0) is 9.53 Å². The van der Waals surface area contributed by atoms with E-state index in [0.29, 0.717) is 13.2 Å². The number of morpholine rings is 1. The molecule has 1 saturated heterocycles. The first-order valence-electron chi connectivity index (χ1n) is 6.22. The molecule has 18 heavy (non-hydrogen) atoms. The van der Waals surface area contributed by atoms with Gasteiger partial charge in [-0.2, -0.15) is 0 Å². The van der Waals surface area contributed by atoms with Gasteiger partial charge >= 0.3 is 5.97 Å². The van der Waals surface area contributed by atoms with Gasteiger partial charge in [-0.1, -0.05) is 12.1 Å². The van der Waals surface area contributed by atoms with Gasteiger partial charge in [0.15, 0.2) is 0 Å². The van der Waals surface area contributed by atoms with Gasteiger partial charge in [-0.15, -0.1) is 0 Å². The van der Waals surface area contributed by atoms with Crippen LogP contribution >= 0.6 is 0 Å². The monoisotopic (exact) mass is 249 g/mol. The lowest BCUT2D eigenvalue weighted by molar-refractivity contribution is -0.140. The van der Waals surface area contributed by atoms with Gasteiger partial charge < -0.3 is 14.7 Å². The molecule has 1 aliphatic heterocycles. The number of hydrogen-bond acceptors (Lipinski definition) is 3. The summed E-state index contributed by atoms with van der Waals surface area (Å²) in [6, 6.07) is 6.35. The second-order valence-corrected chi connectivity index (χ2v) is 4.83. The molecule has 1 N–H and O–H groups in total. The van der Waals surface area contributed by atoms with Crippen LogP contribution in [0.3, 0.4) is 0 Å². The zero-order valence-electron chi connectivity index (χ0n) is 10.8. The molecule has 2 rings (SSSR count). The lowest BCUT2D eigenvalue weighted by atomic mass is 10.1. The summed E-state index contributed by atoms with van der Waals surface area (Å²) in [6.45, 7) is 6.21. The molecule has 0 aliphatic carbocycles. The zero-order valence-corrected chi connectivity index (χ0v) is 10.8. The number of anilines is 1. The third-order valence-corrected chi connectivity index (χ3v) is 3.25. The van der Waals surface area contributed by atoms with E-state index in [9.17, 15) is 4.79 Å². The first-order valence-corrected chi connectivity index (χ1v) is 6.22. The standard InChI is InChI=1S/C14H19NO3/c1-10-3-4-11(2)13(7-10)15-5-6-18-12(9-15)8-14(16)17/h3-4,7,12H,5-6,8-9H2,1-2H3,(H,16,17). The van der Waals surface area contributed by atoms with Crippen LogP contribution < -0.4 is 4.90 Å². The highest BCUT2D eigenvalue weighted by atomic mass is 16.5. The van der Waals surface area contributed by atoms with Crippen molar-refractivity contribution in [1.82, 2.24) is 0 Å². The number of aryl methyl sites for hydroxylation is 2. The Balaban J connectivity index is 2.12. The predicted octanol–water partition coefficient (Wildman–Crippen LogP) is 1.98. The van der Waals surface area contributed by atoms with Gasteiger partial charge in [0.25, 0.3) is 0 Å². The van der Waals surface area contributed by atoms with E-state index in [0.717, 1.165) is 6.54 Å². The molecule has 4 nitrogen and oxygen atoms in total. The molecule has 1 aromatic carbocycles. The number of rotatable bonds is 3. The minimum atomic E-state index is -0.803. The Morgan fingerprint density at radius 2 is 2.28 bits per heavy atom. The van der Waals surface area contributed by atoms with Crippen molar-refractivity contribution in [3.05, 3.63) is 29.3 Å². The van der Waals surface area contributed by atoms with Crippen LogP contribution in [0, 0.1) is 13.8 Å². The molecule has 0 saturated carbocycles. The molecule has 0 bridgehead atoms. The smallest absolute Gasteiger partial charge is 0.306 e. The topological polar surface area (TPSA) is 49.8 Å². The number of ether oxygens (including phenoxy) is 1. The van der Waals surface area contributed by atoms with Gasteiger partial charge in [-0.05, 0) is 31.0 Å². The van der Waals surface area contributed by atoms with Crippen molar-refractivity contribution in [2.45, 2.75) is 26.4 Å². The minimum Gasteiger partial charge on any atom is -0.481 e.